The lowest BCUT2D eigenvalue weighted by atomic mass is 10.2. The summed E-state index contributed by atoms with van der Waals surface area (Å²) in [7, 11) is 1.54. The normalized spacial score (nSPS) is 10.8. The number of amides is 1. The average Bonchev–Trinajstić information content (AvgIpc) is 3.23. The summed E-state index contributed by atoms with van der Waals surface area (Å²) in [5.41, 5.74) is 1.13. The van der Waals surface area contributed by atoms with Crippen LogP contribution in [-0.4, -0.2) is 33.0 Å². The van der Waals surface area contributed by atoms with E-state index in [0.717, 1.165) is 0 Å². The van der Waals surface area contributed by atoms with Gasteiger partial charge in [-0.05, 0) is 38.1 Å². The van der Waals surface area contributed by atoms with E-state index in [2.05, 4.69) is 20.6 Å². The standard InChI is InChI=1S/C16H17N5O3/c1-10(2)21-13(7-8-17-21)15-19-20-16(24-15)18-14(22)11-5-4-6-12(9-11)23-3/h4-10H,1-3H3,(H,18,20,22). The third-order valence-electron chi connectivity index (χ3n) is 3.36. The van der Waals surface area contributed by atoms with E-state index in [1.54, 1.807) is 48.3 Å². The van der Waals surface area contributed by atoms with Gasteiger partial charge < -0.3 is 9.15 Å². The minimum absolute atomic E-state index is 0.0225. The number of benzene rings is 1. The molecule has 0 radical (unpaired) electrons. The molecular weight excluding hydrogens is 310 g/mol. The highest BCUT2D eigenvalue weighted by molar-refractivity contribution is 6.03. The Bertz CT molecular complexity index is 853. The minimum atomic E-state index is -0.360. The van der Waals surface area contributed by atoms with E-state index >= 15 is 0 Å². The predicted octanol–water partition coefficient (Wildman–Crippen LogP) is 2.77. The van der Waals surface area contributed by atoms with Crippen molar-refractivity contribution in [2.75, 3.05) is 12.4 Å². The molecule has 0 saturated carbocycles. The number of hydrogen-bond donors (Lipinski definition) is 1. The molecular formula is C16H17N5O3. The van der Waals surface area contributed by atoms with Gasteiger partial charge in [-0.15, -0.1) is 5.10 Å². The number of carbonyl (C=O) groups excluding carboxylic acids is 1. The molecule has 0 unspecified atom stereocenters. The lowest BCUT2D eigenvalue weighted by molar-refractivity contribution is 0.102. The number of rotatable bonds is 5. The molecule has 0 saturated heterocycles. The van der Waals surface area contributed by atoms with Crippen LogP contribution in [-0.2, 0) is 0 Å². The zero-order chi connectivity index (χ0) is 17.1. The van der Waals surface area contributed by atoms with E-state index in [-0.39, 0.29) is 18.0 Å². The van der Waals surface area contributed by atoms with Crippen molar-refractivity contribution >= 4 is 11.9 Å². The fraction of sp³-hybridized carbons (Fsp3) is 0.250. The largest absolute Gasteiger partial charge is 0.497 e. The molecule has 0 fully saturated rings. The molecule has 8 nitrogen and oxygen atoms in total. The average molecular weight is 327 g/mol. The molecule has 24 heavy (non-hydrogen) atoms. The molecule has 2 heterocycles. The molecule has 3 aromatic rings. The summed E-state index contributed by atoms with van der Waals surface area (Å²) in [6, 6.07) is 8.74. The van der Waals surface area contributed by atoms with Gasteiger partial charge >= 0.3 is 6.01 Å². The summed E-state index contributed by atoms with van der Waals surface area (Å²) in [4.78, 5) is 12.2. The second kappa shape index (κ2) is 6.53. The fourth-order valence-corrected chi connectivity index (χ4v) is 2.21. The molecule has 3 rings (SSSR count). The maximum absolute atomic E-state index is 12.2. The van der Waals surface area contributed by atoms with Crippen LogP contribution in [0.15, 0.2) is 40.9 Å². The van der Waals surface area contributed by atoms with Gasteiger partial charge in [-0.1, -0.05) is 11.2 Å². The van der Waals surface area contributed by atoms with E-state index in [1.165, 1.54) is 0 Å². The number of methoxy groups -OCH3 is 1. The third kappa shape index (κ3) is 3.12. The highest BCUT2D eigenvalue weighted by atomic mass is 16.5. The molecule has 2 aromatic heterocycles. The van der Waals surface area contributed by atoms with E-state index in [9.17, 15) is 4.79 Å². The Balaban J connectivity index is 1.78. The van der Waals surface area contributed by atoms with Crippen molar-refractivity contribution in [3.63, 3.8) is 0 Å². The first kappa shape index (κ1) is 15.7. The van der Waals surface area contributed by atoms with Crippen molar-refractivity contribution < 1.29 is 13.9 Å². The molecule has 1 N–H and O–H groups in total. The molecule has 8 heteroatoms. The van der Waals surface area contributed by atoms with Gasteiger partial charge in [0.05, 0.1) is 7.11 Å². The number of carbonyl (C=O) groups is 1. The van der Waals surface area contributed by atoms with Gasteiger partial charge in [0.15, 0.2) is 0 Å². The predicted molar refractivity (Wildman–Crippen MR) is 86.9 cm³/mol. The van der Waals surface area contributed by atoms with Crippen LogP contribution < -0.4 is 10.1 Å². The van der Waals surface area contributed by atoms with Crippen molar-refractivity contribution in [3.05, 3.63) is 42.1 Å². The Morgan fingerprint density at radius 1 is 1.29 bits per heavy atom. The first-order valence-electron chi connectivity index (χ1n) is 7.41. The van der Waals surface area contributed by atoms with E-state index in [0.29, 0.717) is 22.9 Å². The monoisotopic (exact) mass is 327 g/mol. The Kier molecular flexibility index (Phi) is 4.28. The second-order valence-corrected chi connectivity index (χ2v) is 5.35. The number of aromatic nitrogens is 4. The molecule has 1 amide bonds. The first-order chi connectivity index (χ1) is 11.6. The summed E-state index contributed by atoms with van der Waals surface area (Å²) in [6.07, 6.45) is 1.66. The van der Waals surface area contributed by atoms with Crippen molar-refractivity contribution in [2.45, 2.75) is 19.9 Å². The zero-order valence-corrected chi connectivity index (χ0v) is 13.6. The Morgan fingerprint density at radius 2 is 2.12 bits per heavy atom. The molecule has 0 aliphatic rings. The topological polar surface area (TPSA) is 95.1 Å². The summed E-state index contributed by atoms with van der Waals surface area (Å²) in [5.74, 6) is 0.526. The van der Waals surface area contributed by atoms with Crippen LogP contribution in [0.2, 0.25) is 0 Å². The number of hydrogen-bond acceptors (Lipinski definition) is 6. The highest BCUT2D eigenvalue weighted by Gasteiger charge is 2.17. The Labute approximate surface area is 138 Å². The van der Waals surface area contributed by atoms with Crippen molar-refractivity contribution in [1.29, 1.82) is 0 Å². The maximum Gasteiger partial charge on any atom is 0.322 e. The van der Waals surface area contributed by atoms with Crippen LogP contribution in [0.5, 0.6) is 5.75 Å². The molecule has 124 valence electrons. The van der Waals surface area contributed by atoms with Crippen LogP contribution in [0.25, 0.3) is 11.6 Å². The van der Waals surface area contributed by atoms with Crippen LogP contribution >= 0.6 is 0 Å². The van der Waals surface area contributed by atoms with E-state index < -0.39 is 0 Å². The van der Waals surface area contributed by atoms with Gasteiger partial charge in [-0.25, -0.2) is 0 Å². The fourth-order valence-electron chi connectivity index (χ4n) is 2.21. The van der Waals surface area contributed by atoms with Crippen molar-refractivity contribution in [1.82, 2.24) is 20.0 Å². The molecule has 0 bridgehead atoms. The number of nitrogens with zero attached hydrogens (tertiary/aromatic N) is 4. The van der Waals surface area contributed by atoms with Crippen LogP contribution in [0.1, 0.15) is 30.2 Å². The molecule has 0 aliphatic carbocycles. The second-order valence-electron chi connectivity index (χ2n) is 5.35. The quantitative estimate of drug-likeness (QED) is 0.774. The van der Waals surface area contributed by atoms with Gasteiger partial charge in [-0.2, -0.15) is 5.10 Å². The van der Waals surface area contributed by atoms with Crippen LogP contribution in [0.4, 0.5) is 6.01 Å². The van der Waals surface area contributed by atoms with Gasteiger partial charge in [-0.3, -0.25) is 14.8 Å². The molecule has 0 atom stereocenters. The number of ether oxygens (including phenoxy) is 1. The lowest BCUT2D eigenvalue weighted by Gasteiger charge is -2.07. The maximum atomic E-state index is 12.2. The number of nitrogens with one attached hydrogen (secondary N) is 1. The van der Waals surface area contributed by atoms with Crippen molar-refractivity contribution in [3.8, 4) is 17.3 Å². The van der Waals surface area contributed by atoms with Gasteiger partial charge in [0.25, 0.3) is 11.8 Å². The molecule has 1 aromatic carbocycles. The highest BCUT2D eigenvalue weighted by Crippen LogP contribution is 2.22. The smallest absolute Gasteiger partial charge is 0.322 e. The SMILES string of the molecule is COc1cccc(C(=O)Nc2nnc(-c3ccnn3C(C)C)o2)c1. The molecule has 0 aliphatic heterocycles. The summed E-state index contributed by atoms with van der Waals surface area (Å²) in [6.45, 7) is 4.00. The lowest BCUT2D eigenvalue weighted by Crippen LogP contribution is -2.12. The minimum Gasteiger partial charge on any atom is -0.497 e. The van der Waals surface area contributed by atoms with E-state index in [1.807, 2.05) is 13.8 Å². The summed E-state index contributed by atoms with van der Waals surface area (Å²) >= 11 is 0. The zero-order valence-electron chi connectivity index (χ0n) is 13.6. The summed E-state index contributed by atoms with van der Waals surface area (Å²) < 4.78 is 12.4. The Hall–Kier alpha value is -3.16. The number of anilines is 1. The van der Waals surface area contributed by atoms with Gasteiger partial charge in [0, 0.05) is 17.8 Å². The van der Waals surface area contributed by atoms with E-state index in [4.69, 9.17) is 9.15 Å². The van der Waals surface area contributed by atoms with Crippen molar-refractivity contribution in [2.24, 2.45) is 0 Å². The van der Waals surface area contributed by atoms with Gasteiger partial charge in [0.2, 0.25) is 0 Å². The summed E-state index contributed by atoms with van der Waals surface area (Å²) in [5, 5.41) is 14.6. The third-order valence-corrected chi connectivity index (χ3v) is 3.36. The van der Waals surface area contributed by atoms with Crippen LogP contribution in [0.3, 0.4) is 0 Å². The Morgan fingerprint density at radius 3 is 2.88 bits per heavy atom. The van der Waals surface area contributed by atoms with Crippen LogP contribution in [0, 0.1) is 0 Å². The van der Waals surface area contributed by atoms with Gasteiger partial charge in [0.1, 0.15) is 11.4 Å². The first-order valence-corrected chi connectivity index (χ1v) is 7.41. The molecule has 0 spiro atoms.